The van der Waals surface area contributed by atoms with Crippen LogP contribution in [-0.2, 0) is 0 Å². The summed E-state index contributed by atoms with van der Waals surface area (Å²) in [6, 6.07) is 8.69. The van der Waals surface area contributed by atoms with Gasteiger partial charge in [0.25, 0.3) is 5.91 Å². The second-order valence-electron chi connectivity index (χ2n) is 6.55. The van der Waals surface area contributed by atoms with Gasteiger partial charge in [0.15, 0.2) is 5.69 Å². The molecule has 6 heteroatoms. The van der Waals surface area contributed by atoms with Crippen molar-refractivity contribution in [2.75, 3.05) is 0 Å². The van der Waals surface area contributed by atoms with Crippen molar-refractivity contribution in [1.29, 1.82) is 0 Å². The fourth-order valence-electron chi connectivity index (χ4n) is 3.23. The highest BCUT2D eigenvalue weighted by Gasteiger charge is 2.20. The fourth-order valence-corrected chi connectivity index (χ4v) is 3.35. The number of nitrogens with one attached hydrogen (secondary N) is 1. The third-order valence-corrected chi connectivity index (χ3v) is 4.84. The molecule has 1 fully saturated rings. The van der Waals surface area contributed by atoms with Gasteiger partial charge in [0.1, 0.15) is 0 Å². The maximum atomic E-state index is 12.6. The first-order chi connectivity index (χ1) is 12.0. The van der Waals surface area contributed by atoms with Gasteiger partial charge in [-0.3, -0.25) is 9.59 Å². The predicted molar refractivity (Wildman–Crippen MR) is 98.5 cm³/mol. The number of amides is 1. The van der Waals surface area contributed by atoms with Crippen molar-refractivity contribution >= 4 is 17.5 Å². The molecule has 0 unspecified atom stereocenters. The first kappa shape index (κ1) is 17.7. The van der Waals surface area contributed by atoms with Gasteiger partial charge in [0, 0.05) is 22.8 Å². The lowest BCUT2D eigenvalue weighted by atomic mass is 10.1. The predicted octanol–water partition coefficient (Wildman–Crippen LogP) is 3.65. The van der Waals surface area contributed by atoms with E-state index in [9.17, 15) is 9.59 Å². The zero-order valence-corrected chi connectivity index (χ0v) is 15.1. The zero-order valence-electron chi connectivity index (χ0n) is 14.3. The molecule has 1 heterocycles. The number of aryl methyl sites for hydroxylation is 1. The van der Waals surface area contributed by atoms with Gasteiger partial charge < -0.3 is 5.32 Å². The second kappa shape index (κ2) is 7.83. The molecule has 25 heavy (non-hydrogen) atoms. The SMILES string of the molecule is Cc1cc(=O)c(C(=O)NC2CCCCCC2)nn1-c1ccc(Cl)cc1. The van der Waals surface area contributed by atoms with Crippen LogP contribution in [0.15, 0.2) is 35.1 Å². The van der Waals surface area contributed by atoms with Crippen LogP contribution in [0.2, 0.25) is 5.02 Å². The number of carbonyl (C=O) groups excluding carboxylic acids is 1. The van der Waals surface area contributed by atoms with Crippen LogP contribution in [-0.4, -0.2) is 21.7 Å². The molecule has 132 valence electrons. The molecule has 3 rings (SSSR count). The summed E-state index contributed by atoms with van der Waals surface area (Å²) in [5.41, 5.74) is 1.00. The summed E-state index contributed by atoms with van der Waals surface area (Å²) in [7, 11) is 0. The van der Waals surface area contributed by atoms with E-state index in [4.69, 9.17) is 11.6 Å². The molecule has 0 atom stereocenters. The molecule has 2 aromatic rings. The minimum absolute atomic E-state index is 0.0650. The van der Waals surface area contributed by atoms with Crippen molar-refractivity contribution in [2.24, 2.45) is 0 Å². The van der Waals surface area contributed by atoms with E-state index < -0.39 is 0 Å². The molecule has 0 bridgehead atoms. The van der Waals surface area contributed by atoms with Gasteiger partial charge in [-0.1, -0.05) is 37.3 Å². The second-order valence-corrected chi connectivity index (χ2v) is 6.99. The van der Waals surface area contributed by atoms with Crippen molar-refractivity contribution in [1.82, 2.24) is 15.1 Å². The Bertz CT molecular complexity index is 806. The lowest BCUT2D eigenvalue weighted by Crippen LogP contribution is -2.38. The first-order valence-electron chi connectivity index (χ1n) is 8.72. The topological polar surface area (TPSA) is 64.0 Å². The number of carbonyl (C=O) groups is 1. The third-order valence-electron chi connectivity index (χ3n) is 4.58. The van der Waals surface area contributed by atoms with Gasteiger partial charge in [-0.15, -0.1) is 0 Å². The number of nitrogens with zero attached hydrogens (tertiary/aromatic N) is 2. The monoisotopic (exact) mass is 359 g/mol. The van der Waals surface area contributed by atoms with Gasteiger partial charge in [-0.25, -0.2) is 4.68 Å². The zero-order chi connectivity index (χ0) is 17.8. The van der Waals surface area contributed by atoms with Crippen molar-refractivity contribution in [3.05, 3.63) is 57.0 Å². The Morgan fingerprint density at radius 1 is 1.16 bits per heavy atom. The summed E-state index contributed by atoms with van der Waals surface area (Å²) >= 11 is 5.92. The molecule has 1 N–H and O–H groups in total. The summed E-state index contributed by atoms with van der Waals surface area (Å²) in [6.07, 6.45) is 6.56. The van der Waals surface area contributed by atoms with Gasteiger partial charge >= 0.3 is 0 Å². The number of benzene rings is 1. The summed E-state index contributed by atoms with van der Waals surface area (Å²) in [4.78, 5) is 24.9. The minimum atomic E-state index is -0.389. The maximum Gasteiger partial charge on any atom is 0.276 e. The van der Waals surface area contributed by atoms with E-state index in [0.717, 1.165) is 31.4 Å². The van der Waals surface area contributed by atoms with Crippen molar-refractivity contribution in [3.63, 3.8) is 0 Å². The number of hydrogen-bond acceptors (Lipinski definition) is 3. The Morgan fingerprint density at radius 2 is 1.80 bits per heavy atom. The molecule has 1 aliphatic carbocycles. The smallest absolute Gasteiger partial charge is 0.276 e. The molecule has 1 aromatic heterocycles. The quantitative estimate of drug-likeness (QED) is 0.851. The molecular weight excluding hydrogens is 338 g/mol. The van der Waals surface area contributed by atoms with Crippen molar-refractivity contribution in [2.45, 2.75) is 51.5 Å². The molecule has 0 saturated heterocycles. The maximum absolute atomic E-state index is 12.6. The van der Waals surface area contributed by atoms with E-state index in [2.05, 4.69) is 10.4 Å². The Kier molecular flexibility index (Phi) is 5.53. The fraction of sp³-hybridized carbons (Fsp3) is 0.421. The average molecular weight is 360 g/mol. The van der Waals surface area contributed by atoms with Crippen LogP contribution in [0, 0.1) is 6.92 Å². The number of halogens is 1. The summed E-state index contributed by atoms with van der Waals surface area (Å²) in [6.45, 7) is 1.79. The van der Waals surface area contributed by atoms with Crippen LogP contribution in [0.4, 0.5) is 0 Å². The van der Waals surface area contributed by atoms with Crippen LogP contribution in [0.1, 0.15) is 54.7 Å². The number of rotatable bonds is 3. The Labute approximate surface area is 152 Å². The summed E-state index contributed by atoms with van der Waals surface area (Å²) < 4.78 is 1.60. The van der Waals surface area contributed by atoms with E-state index in [1.807, 2.05) is 0 Å². The summed E-state index contributed by atoms with van der Waals surface area (Å²) in [5, 5.41) is 7.92. The molecule has 0 aliphatic heterocycles. The van der Waals surface area contributed by atoms with Gasteiger partial charge in [0.2, 0.25) is 5.43 Å². The molecule has 0 radical (unpaired) electrons. The van der Waals surface area contributed by atoms with E-state index in [0.29, 0.717) is 10.7 Å². The Hall–Kier alpha value is -2.14. The number of aromatic nitrogens is 2. The highest BCUT2D eigenvalue weighted by Crippen LogP contribution is 2.17. The van der Waals surface area contributed by atoms with Crippen molar-refractivity contribution in [3.8, 4) is 5.69 Å². The average Bonchev–Trinajstić information content (AvgIpc) is 2.84. The molecule has 1 saturated carbocycles. The van der Waals surface area contributed by atoms with E-state index in [-0.39, 0.29) is 23.1 Å². The van der Waals surface area contributed by atoms with Gasteiger partial charge in [0.05, 0.1) is 5.69 Å². The van der Waals surface area contributed by atoms with Crippen LogP contribution in [0.25, 0.3) is 5.69 Å². The lowest BCUT2D eigenvalue weighted by Gasteiger charge is -2.16. The Morgan fingerprint density at radius 3 is 2.44 bits per heavy atom. The van der Waals surface area contributed by atoms with Crippen LogP contribution < -0.4 is 10.7 Å². The minimum Gasteiger partial charge on any atom is -0.348 e. The van der Waals surface area contributed by atoms with E-state index in [1.54, 1.807) is 35.9 Å². The lowest BCUT2D eigenvalue weighted by molar-refractivity contribution is 0.0925. The van der Waals surface area contributed by atoms with Gasteiger partial charge in [-0.2, -0.15) is 5.10 Å². The molecule has 1 aromatic carbocycles. The highest BCUT2D eigenvalue weighted by atomic mass is 35.5. The molecule has 5 nitrogen and oxygen atoms in total. The standard InChI is InChI=1S/C19H22ClN3O2/c1-13-12-17(24)18(19(25)21-15-6-4-2-3-5-7-15)22-23(13)16-10-8-14(20)9-11-16/h8-12,15H,2-7H2,1H3,(H,21,25). The van der Waals surface area contributed by atoms with Crippen molar-refractivity contribution < 1.29 is 4.79 Å². The molecular formula is C19H22ClN3O2. The first-order valence-corrected chi connectivity index (χ1v) is 9.10. The molecule has 0 spiro atoms. The molecule has 1 amide bonds. The van der Waals surface area contributed by atoms with Crippen LogP contribution >= 0.6 is 11.6 Å². The van der Waals surface area contributed by atoms with E-state index in [1.165, 1.54) is 18.9 Å². The molecule has 1 aliphatic rings. The third kappa shape index (κ3) is 4.28. The highest BCUT2D eigenvalue weighted by molar-refractivity contribution is 6.30. The summed E-state index contributed by atoms with van der Waals surface area (Å²) in [5.74, 6) is -0.389. The van der Waals surface area contributed by atoms with E-state index >= 15 is 0 Å². The largest absolute Gasteiger partial charge is 0.348 e. The normalized spacial score (nSPS) is 15.6. The van der Waals surface area contributed by atoms with Gasteiger partial charge in [-0.05, 0) is 44.0 Å². The Balaban J connectivity index is 1.87. The number of hydrogen-bond donors (Lipinski definition) is 1. The van der Waals surface area contributed by atoms with Crippen LogP contribution in [0.3, 0.4) is 0 Å². The van der Waals surface area contributed by atoms with Crippen LogP contribution in [0.5, 0.6) is 0 Å².